The number of benzene rings is 2. The maximum absolute atomic E-state index is 13.1. The van der Waals surface area contributed by atoms with Crippen LogP contribution in [0.25, 0.3) is 10.6 Å². The summed E-state index contributed by atoms with van der Waals surface area (Å²) < 4.78 is 1.78. The van der Waals surface area contributed by atoms with Crippen LogP contribution in [0.5, 0.6) is 0 Å². The van der Waals surface area contributed by atoms with Crippen LogP contribution in [0.2, 0.25) is 0 Å². The molecule has 2 N–H and O–H groups in total. The van der Waals surface area contributed by atoms with Crippen LogP contribution in [0, 0.1) is 0 Å². The van der Waals surface area contributed by atoms with E-state index < -0.39 is 0 Å². The molecule has 0 spiro atoms. The van der Waals surface area contributed by atoms with E-state index in [1.54, 1.807) is 35.1 Å². The molecule has 0 saturated carbocycles. The van der Waals surface area contributed by atoms with E-state index in [4.69, 9.17) is 0 Å². The van der Waals surface area contributed by atoms with Gasteiger partial charge in [-0.15, -0.1) is 11.3 Å². The van der Waals surface area contributed by atoms with Crippen LogP contribution in [0.4, 0.5) is 11.4 Å². The summed E-state index contributed by atoms with van der Waals surface area (Å²) >= 11 is 1.54. The molecule has 0 aliphatic heterocycles. The van der Waals surface area contributed by atoms with Gasteiger partial charge in [0.15, 0.2) is 0 Å². The van der Waals surface area contributed by atoms with Gasteiger partial charge in [-0.1, -0.05) is 42.5 Å². The highest BCUT2D eigenvalue weighted by Gasteiger charge is 2.19. The summed E-state index contributed by atoms with van der Waals surface area (Å²) in [4.78, 5) is 25.3. The molecule has 0 atom stereocenters. The van der Waals surface area contributed by atoms with Crippen LogP contribution in [-0.4, -0.2) is 21.6 Å². The lowest BCUT2D eigenvalue weighted by Crippen LogP contribution is -2.13. The van der Waals surface area contributed by atoms with Crippen molar-refractivity contribution in [3.05, 3.63) is 89.4 Å². The van der Waals surface area contributed by atoms with E-state index in [1.807, 2.05) is 47.8 Å². The van der Waals surface area contributed by atoms with E-state index in [9.17, 15) is 9.59 Å². The number of anilines is 2. The molecule has 0 bridgehead atoms. The van der Waals surface area contributed by atoms with Gasteiger partial charge >= 0.3 is 0 Å². The van der Waals surface area contributed by atoms with Gasteiger partial charge in [-0.25, -0.2) is 0 Å². The Bertz CT molecular complexity index is 1170. The lowest BCUT2D eigenvalue weighted by Gasteiger charge is -2.07. The van der Waals surface area contributed by atoms with E-state index in [2.05, 4.69) is 15.7 Å². The number of thiophene rings is 1. The Morgan fingerprint density at radius 2 is 1.73 bits per heavy atom. The first kappa shape index (κ1) is 19.6. The van der Waals surface area contributed by atoms with Gasteiger partial charge in [-0.2, -0.15) is 5.10 Å². The Morgan fingerprint density at radius 3 is 2.43 bits per heavy atom. The summed E-state index contributed by atoms with van der Waals surface area (Å²) in [6, 6.07) is 20.9. The number of carbonyl (C=O) groups excluding carboxylic acids is 2. The number of carbonyl (C=O) groups is 2. The third-order valence-corrected chi connectivity index (χ3v) is 5.27. The van der Waals surface area contributed by atoms with Gasteiger partial charge in [0, 0.05) is 24.5 Å². The van der Waals surface area contributed by atoms with Gasteiger partial charge in [-0.05, 0) is 35.2 Å². The second kappa shape index (κ2) is 8.75. The van der Waals surface area contributed by atoms with E-state index in [0.29, 0.717) is 29.2 Å². The van der Waals surface area contributed by atoms with Crippen molar-refractivity contribution in [3.63, 3.8) is 0 Å². The maximum atomic E-state index is 13.1. The molecule has 150 valence electrons. The molecule has 4 rings (SSSR count). The maximum Gasteiger partial charge on any atom is 0.259 e. The molecular weight excluding hydrogens is 396 g/mol. The zero-order chi connectivity index (χ0) is 20.9. The van der Waals surface area contributed by atoms with Crippen molar-refractivity contribution in [2.45, 2.75) is 13.5 Å². The van der Waals surface area contributed by atoms with Gasteiger partial charge in [0.1, 0.15) is 5.69 Å². The first-order valence-electron chi connectivity index (χ1n) is 9.43. The fourth-order valence-electron chi connectivity index (χ4n) is 3.11. The van der Waals surface area contributed by atoms with Gasteiger partial charge in [-0.3, -0.25) is 14.3 Å². The zero-order valence-electron chi connectivity index (χ0n) is 16.3. The van der Waals surface area contributed by atoms with E-state index >= 15 is 0 Å². The van der Waals surface area contributed by atoms with Crippen LogP contribution < -0.4 is 10.6 Å². The summed E-state index contributed by atoms with van der Waals surface area (Å²) in [5.74, 6) is -0.418. The molecule has 2 amide bonds. The van der Waals surface area contributed by atoms with Crippen LogP contribution in [0.15, 0.2) is 78.3 Å². The standard InChI is InChI=1S/C23H20N4O2S/c1-16(28)24-18-9-5-10-19(13-18)25-23(29)20-15-27(14-17-7-3-2-4-8-17)26-22(20)21-11-6-12-30-21/h2-13,15H,14H2,1H3,(H,24,28)(H,25,29). The summed E-state index contributed by atoms with van der Waals surface area (Å²) in [7, 11) is 0. The number of nitrogens with zero attached hydrogens (tertiary/aromatic N) is 2. The summed E-state index contributed by atoms with van der Waals surface area (Å²) in [5, 5.41) is 12.3. The van der Waals surface area contributed by atoms with Crippen molar-refractivity contribution < 1.29 is 9.59 Å². The van der Waals surface area contributed by atoms with Crippen molar-refractivity contribution in [3.8, 4) is 10.6 Å². The minimum absolute atomic E-state index is 0.166. The second-order valence-corrected chi connectivity index (χ2v) is 7.72. The number of aromatic nitrogens is 2. The lowest BCUT2D eigenvalue weighted by molar-refractivity contribution is -0.114. The molecule has 0 saturated heterocycles. The van der Waals surface area contributed by atoms with Crippen LogP contribution >= 0.6 is 11.3 Å². The first-order chi connectivity index (χ1) is 14.6. The third kappa shape index (κ3) is 4.64. The van der Waals surface area contributed by atoms with Crippen molar-refractivity contribution in [2.24, 2.45) is 0 Å². The van der Waals surface area contributed by atoms with Crippen molar-refractivity contribution >= 4 is 34.5 Å². The van der Waals surface area contributed by atoms with Crippen LogP contribution in [0.1, 0.15) is 22.8 Å². The molecule has 30 heavy (non-hydrogen) atoms. The first-order valence-corrected chi connectivity index (χ1v) is 10.3. The van der Waals surface area contributed by atoms with Crippen molar-refractivity contribution in [2.75, 3.05) is 10.6 Å². The minimum Gasteiger partial charge on any atom is -0.326 e. The van der Waals surface area contributed by atoms with Gasteiger partial charge in [0.25, 0.3) is 5.91 Å². The number of nitrogens with one attached hydrogen (secondary N) is 2. The van der Waals surface area contributed by atoms with E-state index in [-0.39, 0.29) is 11.8 Å². The molecule has 0 aliphatic carbocycles. The molecule has 6 nitrogen and oxygen atoms in total. The van der Waals surface area contributed by atoms with Crippen LogP contribution in [0.3, 0.4) is 0 Å². The SMILES string of the molecule is CC(=O)Nc1cccc(NC(=O)c2cn(Cc3ccccc3)nc2-c2cccs2)c1. The fraction of sp³-hybridized carbons (Fsp3) is 0.0870. The number of amides is 2. The molecule has 0 unspecified atom stereocenters. The number of hydrogen-bond donors (Lipinski definition) is 2. The molecule has 0 fully saturated rings. The zero-order valence-corrected chi connectivity index (χ0v) is 17.1. The Labute approximate surface area is 178 Å². The molecule has 2 heterocycles. The molecule has 0 radical (unpaired) electrons. The highest BCUT2D eigenvalue weighted by molar-refractivity contribution is 7.13. The Morgan fingerprint density at radius 1 is 0.967 bits per heavy atom. The Balaban J connectivity index is 1.62. The fourth-order valence-corrected chi connectivity index (χ4v) is 3.83. The topological polar surface area (TPSA) is 76.0 Å². The third-order valence-electron chi connectivity index (χ3n) is 4.39. The Hall–Kier alpha value is -3.71. The number of hydrogen-bond acceptors (Lipinski definition) is 4. The van der Waals surface area contributed by atoms with Crippen molar-refractivity contribution in [1.29, 1.82) is 0 Å². The molecule has 2 aromatic carbocycles. The molecule has 0 aliphatic rings. The van der Waals surface area contributed by atoms with Gasteiger partial charge < -0.3 is 10.6 Å². The smallest absolute Gasteiger partial charge is 0.259 e. The Kier molecular flexibility index (Phi) is 5.72. The van der Waals surface area contributed by atoms with Gasteiger partial charge in [0.2, 0.25) is 5.91 Å². The second-order valence-electron chi connectivity index (χ2n) is 6.77. The lowest BCUT2D eigenvalue weighted by atomic mass is 10.2. The predicted octanol–water partition coefficient (Wildman–Crippen LogP) is 4.87. The molecule has 2 aromatic heterocycles. The number of rotatable bonds is 6. The quantitative estimate of drug-likeness (QED) is 0.471. The molecule has 7 heteroatoms. The van der Waals surface area contributed by atoms with E-state index in [1.165, 1.54) is 18.3 Å². The highest BCUT2D eigenvalue weighted by Crippen LogP contribution is 2.28. The predicted molar refractivity (Wildman–Crippen MR) is 120 cm³/mol. The monoisotopic (exact) mass is 416 g/mol. The average Bonchev–Trinajstić information content (AvgIpc) is 3.38. The summed E-state index contributed by atoms with van der Waals surface area (Å²) in [5.41, 5.74) is 3.47. The largest absolute Gasteiger partial charge is 0.326 e. The van der Waals surface area contributed by atoms with Crippen molar-refractivity contribution in [1.82, 2.24) is 9.78 Å². The minimum atomic E-state index is -0.252. The summed E-state index contributed by atoms with van der Waals surface area (Å²) in [6.45, 7) is 2.02. The van der Waals surface area contributed by atoms with E-state index in [0.717, 1.165) is 10.4 Å². The molecule has 4 aromatic rings. The normalized spacial score (nSPS) is 10.6. The average molecular weight is 417 g/mol. The molecular formula is C23H20N4O2S. The van der Waals surface area contributed by atoms with Gasteiger partial charge in [0.05, 0.1) is 17.0 Å². The van der Waals surface area contributed by atoms with Crippen LogP contribution in [-0.2, 0) is 11.3 Å². The summed E-state index contributed by atoms with van der Waals surface area (Å²) in [6.07, 6.45) is 1.77. The highest BCUT2D eigenvalue weighted by atomic mass is 32.1.